The summed E-state index contributed by atoms with van der Waals surface area (Å²) in [6.07, 6.45) is 4.64. The van der Waals surface area contributed by atoms with E-state index in [1.807, 2.05) is 13.0 Å². The molecule has 1 N–H and O–H groups in total. The molecular formula is C12H18ClNS. The molecule has 0 aliphatic carbocycles. The van der Waals surface area contributed by atoms with Gasteiger partial charge in [0.25, 0.3) is 0 Å². The Morgan fingerprint density at radius 2 is 2.13 bits per heavy atom. The van der Waals surface area contributed by atoms with Crippen LogP contribution in [-0.2, 0) is 0 Å². The zero-order chi connectivity index (χ0) is 11.7. The lowest BCUT2D eigenvalue weighted by molar-refractivity contribution is 1.05. The Kier molecular flexibility index (Phi) is 8.34. The maximum atomic E-state index is 5.58. The maximum absolute atomic E-state index is 5.58. The Labute approximate surface area is 102 Å². The molecule has 0 aromatic rings. The molecule has 0 heterocycles. The number of hydrogen-bond donors (Lipinski definition) is 1. The van der Waals surface area contributed by atoms with Gasteiger partial charge in [0.05, 0.1) is 5.03 Å². The summed E-state index contributed by atoms with van der Waals surface area (Å²) in [6.45, 7) is 13.4. The Morgan fingerprint density at radius 3 is 2.67 bits per heavy atom. The van der Waals surface area contributed by atoms with E-state index in [1.54, 1.807) is 17.8 Å². The third kappa shape index (κ3) is 7.34. The number of thioether (sulfide) groups is 1. The minimum absolute atomic E-state index is 0.691. The third-order valence-electron chi connectivity index (χ3n) is 1.69. The van der Waals surface area contributed by atoms with E-state index in [2.05, 4.69) is 25.1 Å². The molecule has 0 spiro atoms. The molecule has 0 unspecified atom stereocenters. The molecule has 0 aliphatic heterocycles. The third-order valence-corrected chi connectivity index (χ3v) is 2.90. The molecule has 0 saturated heterocycles. The quantitative estimate of drug-likeness (QED) is 0.392. The molecule has 0 rings (SSSR count). The largest absolute Gasteiger partial charge is 0.351 e. The van der Waals surface area contributed by atoms with Crippen LogP contribution in [0.25, 0.3) is 0 Å². The Balaban J connectivity index is 3.91. The molecule has 15 heavy (non-hydrogen) atoms. The monoisotopic (exact) mass is 243 g/mol. The number of hydrogen-bond acceptors (Lipinski definition) is 2. The minimum Gasteiger partial charge on any atom is -0.351 e. The summed E-state index contributed by atoms with van der Waals surface area (Å²) in [5.74, 6) is 1.67. The lowest BCUT2D eigenvalue weighted by Gasteiger charge is -2.11. The van der Waals surface area contributed by atoms with Crippen LogP contribution in [0.4, 0.5) is 0 Å². The number of rotatable bonds is 8. The highest BCUT2D eigenvalue weighted by molar-refractivity contribution is 8.02. The second-order valence-electron chi connectivity index (χ2n) is 3.00. The molecule has 1 nitrogen and oxygen atoms in total. The maximum Gasteiger partial charge on any atom is 0.0652 e. The molecule has 84 valence electrons. The predicted octanol–water partition coefficient (Wildman–Crippen LogP) is 4.06. The van der Waals surface area contributed by atoms with E-state index in [0.717, 1.165) is 28.5 Å². The molecule has 0 saturated carbocycles. The number of halogens is 1. The summed E-state index contributed by atoms with van der Waals surface area (Å²) in [6, 6.07) is 0. The van der Waals surface area contributed by atoms with Crippen LogP contribution in [0.3, 0.4) is 0 Å². The van der Waals surface area contributed by atoms with Gasteiger partial charge in [-0.25, -0.2) is 0 Å². The molecule has 3 heteroatoms. The summed E-state index contributed by atoms with van der Waals surface area (Å²) in [5, 5.41) is 4.04. The Morgan fingerprint density at radius 1 is 1.47 bits per heavy atom. The summed E-state index contributed by atoms with van der Waals surface area (Å²) < 4.78 is 0. The molecule has 0 bridgehead atoms. The first kappa shape index (κ1) is 14.4. The van der Waals surface area contributed by atoms with Crippen molar-refractivity contribution < 1.29 is 0 Å². The highest BCUT2D eigenvalue weighted by atomic mass is 35.5. The Bertz CT molecular complexity index is 269. The second-order valence-corrected chi connectivity index (χ2v) is 4.57. The molecule has 0 aromatic carbocycles. The molecule has 0 atom stereocenters. The normalized spacial score (nSPS) is 10.9. The van der Waals surface area contributed by atoms with Crippen molar-refractivity contribution in [2.24, 2.45) is 0 Å². The van der Waals surface area contributed by atoms with Crippen molar-refractivity contribution in [3.05, 3.63) is 48.2 Å². The van der Waals surface area contributed by atoms with E-state index in [0.29, 0.717) is 5.88 Å². The van der Waals surface area contributed by atoms with Crippen molar-refractivity contribution in [1.82, 2.24) is 5.32 Å². The van der Waals surface area contributed by atoms with Gasteiger partial charge in [0.2, 0.25) is 0 Å². The van der Waals surface area contributed by atoms with Gasteiger partial charge in [0.1, 0.15) is 0 Å². The highest BCUT2D eigenvalue weighted by Crippen LogP contribution is 2.15. The summed E-state index contributed by atoms with van der Waals surface area (Å²) in [7, 11) is 0. The van der Waals surface area contributed by atoms with Crippen molar-refractivity contribution >= 4 is 23.4 Å². The van der Waals surface area contributed by atoms with Crippen LogP contribution in [0.2, 0.25) is 0 Å². The fraction of sp³-hybridized carbons (Fsp3) is 0.333. The Hall–Kier alpha value is -0.600. The van der Waals surface area contributed by atoms with E-state index in [1.165, 1.54) is 0 Å². The average molecular weight is 244 g/mol. The van der Waals surface area contributed by atoms with Crippen LogP contribution >= 0.6 is 23.4 Å². The van der Waals surface area contributed by atoms with Gasteiger partial charge >= 0.3 is 0 Å². The van der Waals surface area contributed by atoms with E-state index >= 15 is 0 Å². The van der Waals surface area contributed by atoms with E-state index < -0.39 is 0 Å². The van der Waals surface area contributed by atoms with Crippen molar-refractivity contribution in [3.63, 3.8) is 0 Å². The van der Waals surface area contributed by atoms with Crippen molar-refractivity contribution in [2.75, 3.05) is 11.6 Å². The summed E-state index contributed by atoms with van der Waals surface area (Å²) in [4.78, 5) is 0. The van der Waals surface area contributed by atoms with E-state index in [-0.39, 0.29) is 0 Å². The SMILES string of the molecule is C=C/C=C(\C)C(=C)NC(=C)SCCCCl. The molecule has 0 amide bonds. The van der Waals surface area contributed by atoms with Crippen LogP contribution in [0.15, 0.2) is 48.2 Å². The van der Waals surface area contributed by atoms with Crippen molar-refractivity contribution in [2.45, 2.75) is 13.3 Å². The highest BCUT2D eigenvalue weighted by Gasteiger charge is 1.98. The lowest BCUT2D eigenvalue weighted by Crippen LogP contribution is -2.10. The van der Waals surface area contributed by atoms with Crippen LogP contribution in [-0.4, -0.2) is 11.6 Å². The fourth-order valence-electron chi connectivity index (χ4n) is 0.830. The van der Waals surface area contributed by atoms with Gasteiger partial charge in [-0.3, -0.25) is 0 Å². The molecule has 0 aliphatic rings. The summed E-state index contributed by atoms with van der Waals surface area (Å²) in [5.41, 5.74) is 1.92. The number of nitrogens with one attached hydrogen (secondary N) is 1. The number of alkyl halides is 1. The number of allylic oxidation sites excluding steroid dienone is 3. The first-order valence-corrected chi connectivity index (χ1v) is 6.27. The van der Waals surface area contributed by atoms with Gasteiger partial charge in [-0.2, -0.15) is 0 Å². The van der Waals surface area contributed by atoms with E-state index in [4.69, 9.17) is 11.6 Å². The first-order valence-electron chi connectivity index (χ1n) is 4.75. The lowest BCUT2D eigenvalue weighted by atomic mass is 10.2. The molecular weight excluding hydrogens is 226 g/mol. The van der Waals surface area contributed by atoms with Crippen LogP contribution in [0.1, 0.15) is 13.3 Å². The minimum atomic E-state index is 0.691. The molecule has 0 radical (unpaired) electrons. The van der Waals surface area contributed by atoms with Crippen molar-refractivity contribution in [3.8, 4) is 0 Å². The zero-order valence-electron chi connectivity index (χ0n) is 9.18. The first-order chi connectivity index (χ1) is 7.11. The van der Waals surface area contributed by atoms with Gasteiger partial charge in [0, 0.05) is 17.3 Å². The van der Waals surface area contributed by atoms with Gasteiger partial charge in [-0.15, -0.1) is 23.4 Å². The topological polar surface area (TPSA) is 12.0 Å². The van der Waals surface area contributed by atoms with Crippen LogP contribution in [0, 0.1) is 0 Å². The van der Waals surface area contributed by atoms with Gasteiger partial charge in [-0.1, -0.05) is 31.9 Å². The predicted molar refractivity (Wildman–Crippen MR) is 73.2 cm³/mol. The van der Waals surface area contributed by atoms with Crippen LogP contribution < -0.4 is 5.32 Å². The van der Waals surface area contributed by atoms with Gasteiger partial charge < -0.3 is 5.32 Å². The van der Waals surface area contributed by atoms with Gasteiger partial charge in [-0.05, 0) is 18.9 Å². The zero-order valence-corrected chi connectivity index (χ0v) is 10.8. The fourth-order valence-corrected chi connectivity index (χ4v) is 1.85. The second kappa shape index (κ2) is 8.69. The summed E-state index contributed by atoms with van der Waals surface area (Å²) >= 11 is 7.24. The van der Waals surface area contributed by atoms with Crippen molar-refractivity contribution in [1.29, 1.82) is 0 Å². The van der Waals surface area contributed by atoms with Crippen LogP contribution in [0.5, 0.6) is 0 Å². The molecule has 0 fully saturated rings. The van der Waals surface area contributed by atoms with E-state index in [9.17, 15) is 0 Å². The average Bonchev–Trinajstić information content (AvgIpc) is 2.18. The van der Waals surface area contributed by atoms with Gasteiger partial charge in [0.15, 0.2) is 0 Å². The molecule has 0 aromatic heterocycles. The smallest absolute Gasteiger partial charge is 0.0652 e. The standard InChI is InChI=1S/C12H18ClNS/c1-5-7-10(2)11(3)14-12(4)15-9-6-8-13/h5,7,14H,1,3-4,6,8-9H2,2H3/b10-7+.